The van der Waals surface area contributed by atoms with Gasteiger partial charge in [-0.3, -0.25) is 86.9 Å². The highest BCUT2D eigenvalue weighted by atomic mass is 32.2. The Balaban J connectivity index is 1.10. The number of aromatic nitrogens is 4. The average molecular weight is 1890 g/mol. The number of carbonyl (C=O) groups is 17. The molecule has 3 fully saturated rings. The van der Waals surface area contributed by atoms with Crippen molar-refractivity contribution >= 4 is 140 Å². The van der Waals surface area contributed by atoms with E-state index in [0.717, 1.165) is 36.3 Å². The summed E-state index contributed by atoms with van der Waals surface area (Å²) in [7, 11) is 3.95. The lowest BCUT2D eigenvalue weighted by atomic mass is 10.00. The van der Waals surface area contributed by atoms with Crippen LogP contribution >= 0.6 is 11.8 Å². The number of fused-ring (bicyclic) bond motifs is 4. The molecule has 0 spiro atoms. The number of para-hydroxylation sites is 2. The molecule has 44 heteroatoms. The van der Waals surface area contributed by atoms with Gasteiger partial charge in [0.05, 0.1) is 37.8 Å². The van der Waals surface area contributed by atoms with Gasteiger partial charge in [-0.25, -0.2) is 4.98 Å². The van der Waals surface area contributed by atoms with Gasteiger partial charge in [0.2, 0.25) is 100 Å². The molecule has 3 aliphatic heterocycles. The number of nitrogens with zero attached hydrogens (tertiary/aromatic N) is 6. The second-order valence-corrected chi connectivity index (χ2v) is 35.8. The number of primary amides is 2. The third-order valence-electron chi connectivity index (χ3n) is 24.2. The van der Waals surface area contributed by atoms with E-state index in [1.807, 2.05) is 13.8 Å². The standard InChI is InChI=1S/C91H128N24O19S/c1-9-11-29-70-83(127)103-61(28-20-32-97-91(94)95)79(123)110-69(78(122)100-44-75(93)119)47-135-48-76(120)102-65(35-52-22-14-13-15-23-52)86(130)111(6)51(5)77(121)106-67(40-74(92)118)88(132)114-33-21-31-71(114)84(128)105-63(38-55-43-96-49-101-55)81(125)107-64(34-50(3)4)89(133)115-45-56(117)39-73(115)85(129)104-62(36-53-41-98-59-26-18-16-24-57(53)59)80(124)109-68(46-116)82(126)108-66(37-54-42-99-60-27-19-17-25-58(54)60)87(131)113(8)72(30-12-10-2)90(134)112(70)7/h13-19,22-27,41-43,49-51,56,61-73,98-99,116-117H,9-12,20-21,28-40,44-48H2,1-8H3,(H2,92,118)(H2,93,119)(H,96,101)(H,100,122)(H,102,120)(H,103,127)(H,104,129)(H,105,128)(H,106,121)(H,107,125)(H,108,126)(H,109,124)(H,110,123)(H4,94,95,97)/t51-,56-,61-,62-,63-,64-,65-,66-,67-,68-,69-,70-,71-,72-,73-/m0/s1. The zero-order valence-electron chi connectivity index (χ0n) is 77.2. The highest BCUT2D eigenvalue weighted by Gasteiger charge is 2.47. The van der Waals surface area contributed by atoms with Gasteiger partial charge in [0.1, 0.15) is 84.6 Å². The highest BCUT2D eigenvalue weighted by molar-refractivity contribution is 8.00. The zero-order chi connectivity index (χ0) is 98.4. The molecule has 3 saturated heterocycles. The van der Waals surface area contributed by atoms with E-state index in [-0.39, 0.29) is 96.1 Å². The number of likely N-dealkylation sites (N-methyl/N-ethyl adjacent to an activating group) is 3. The maximum atomic E-state index is 15.8. The normalized spacial score (nSPS) is 24.8. The van der Waals surface area contributed by atoms with Crippen LogP contribution in [-0.4, -0.2) is 317 Å². The molecular weight excluding hydrogens is 1770 g/mol. The Labute approximate surface area is 785 Å². The quantitative estimate of drug-likeness (QED) is 0.0150. The summed E-state index contributed by atoms with van der Waals surface area (Å²) in [5, 5.41) is 61.1. The summed E-state index contributed by atoms with van der Waals surface area (Å²) in [6, 6.07) is 0.882. The second-order valence-electron chi connectivity index (χ2n) is 34.8. The molecule has 3 aromatic carbocycles. The van der Waals surface area contributed by atoms with Crippen molar-refractivity contribution in [3.05, 3.63) is 126 Å². The van der Waals surface area contributed by atoms with Gasteiger partial charge >= 0.3 is 0 Å². The third-order valence-corrected chi connectivity index (χ3v) is 25.3. The Morgan fingerprint density at radius 3 is 1.67 bits per heavy atom. The van der Waals surface area contributed by atoms with Gasteiger partial charge in [0, 0.05) is 125 Å². The first kappa shape index (κ1) is 105. The van der Waals surface area contributed by atoms with Crippen LogP contribution in [0.4, 0.5) is 0 Å². The fourth-order valence-corrected chi connectivity index (χ4v) is 17.6. The lowest BCUT2D eigenvalue weighted by molar-refractivity contribution is -0.149. The number of imidazole rings is 1. The number of aliphatic hydroxyl groups excluding tert-OH is 2. The van der Waals surface area contributed by atoms with Gasteiger partial charge in [0.15, 0.2) is 5.96 Å². The lowest BCUT2D eigenvalue weighted by Gasteiger charge is -2.36. The van der Waals surface area contributed by atoms with Gasteiger partial charge in [-0.15, -0.1) is 11.8 Å². The fraction of sp³-hybridized carbons (Fsp3) is 0.527. The van der Waals surface area contributed by atoms with E-state index in [1.165, 1.54) is 40.6 Å². The second kappa shape index (κ2) is 50.5. The van der Waals surface area contributed by atoms with E-state index in [4.69, 9.17) is 22.6 Å². The van der Waals surface area contributed by atoms with Gasteiger partial charge in [-0.05, 0) is 86.6 Å². The molecule has 6 heterocycles. The number of carbonyl (C=O) groups excluding carboxylic acids is 17. The Kier molecular flexibility index (Phi) is 39.4. The number of aliphatic hydroxyl groups is 2. The minimum absolute atomic E-state index is 0.00425. The predicted octanol–water partition coefficient (Wildman–Crippen LogP) is -2.63. The smallest absolute Gasteiger partial charge is 0.246 e. The van der Waals surface area contributed by atoms with E-state index in [1.54, 1.807) is 105 Å². The van der Waals surface area contributed by atoms with Crippen molar-refractivity contribution in [1.29, 1.82) is 5.41 Å². The van der Waals surface area contributed by atoms with E-state index in [2.05, 4.69) is 78.4 Å². The predicted molar refractivity (Wildman–Crippen MR) is 498 cm³/mol. The van der Waals surface area contributed by atoms with Crippen LogP contribution in [0.25, 0.3) is 21.8 Å². The molecule has 0 saturated carbocycles. The minimum Gasteiger partial charge on any atom is -0.394 e. The fourth-order valence-electron chi connectivity index (χ4n) is 16.8. The average Bonchev–Trinajstić information content (AvgIpc) is 1.72. The summed E-state index contributed by atoms with van der Waals surface area (Å²) in [5.74, 6) is -17.5. The summed E-state index contributed by atoms with van der Waals surface area (Å²) in [5.41, 5.74) is 20.0. The van der Waals surface area contributed by atoms with Crippen LogP contribution in [0.3, 0.4) is 0 Å². The number of thioether (sulfide) groups is 1. The molecule has 732 valence electrons. The Bertz CT molecular complexity index is 5190. The summed E-state index contributed by atoms with van der Waals surface area (Å²) in [6.45, 7) is 6.11. The summed E-state index contributed by atoms with van der Waals surface area (Å²) >= 11 is 0.791. The van der Waals surface area contributed by atoms with Crippen molar-refractivity contribution in [1.82, 2.24) is 103 Å². The maximum absolute atomic E-state index is 15.8. The van der Waals surface area contributed by atoms with Crippen LogP contribution in [-0.2, 0) is 107 Å². The largest absolute Gasteiger partial charge is 0.394 e. The molecule has 3 aliphatic rings. The number of unbranched alkanes of at least 4 members (excludes halogenated alkanes) is 2. The number of amides is 17. The molecule has 0 bridgehead atoms. The molecule has 9 rings (SSSR count). The molecule has 0 aliphatic carbocycles. The first-order valence-corrected chi connectivity index (χ1v) is 46.6. The van der Waals surface area contributed by atoms with Gasteiger partial charge in [0.25, 0.3) is 0 Å². The number of hydrogen-bond acceptors (Lipinski definition) is 22. The van der Waals surface area contributed by atoms with Crippen molar-refractivity contribution in [2.75, 3.05) is 65.4 Å². The van der Waals surface area contributed by atoms with Crippen LogP contribution < -0.4 is 75.7 Å². The van der Waals surface area contributed by atoms with Crippen molar-refractivity contribution in [2.45, 2.75) is 234 Å². The third kappa shape index (κ3) is 29.5. The maximum Gasteiger partial charge on any atom is 0.246 e. The van der Waals surface area contributed by atoms with Crippen LogP contribution in [0.15, 0.2) is 104 Å². The van der Waals surface area contributed by atoms with Crippen LogP contribution in [0.1, 0.15) is 140 Å². The summed E-state index contributed by atoms with van der Waals surface area (Å²) < 4.78 is 0. The van der Waals surface area contributed by atoms with Crippen LogP contribution in [0.2, 0.25) is 0 Å². The molecule has 6 aromatic rings. The van der Waals surface area contributed by atoms with E-state index < -0.39 is 235 Å². The lowest BCUT2D eigenvalue weighted by Crippen LogP contribution is -2.62. The molecule has 0 unspecified atom stereocenters. The van der Waals surface area contributed by atoms with Gasteiger partial charge in [-0.1, -0.05) is 120 Å². The van der Waals surface area contributed by atoms with Crippen molar-refractivity contribution in [2.24, 2.45) is 23.1 Å². The topological polar surface area (TPSA) is 641 Å². The Hall–Kier alpha value is -13.5. The Morgan fingerprint density at radius 2 is 1.07 bits per heavy atom. The first-order chi connectivity index (χ1) is 64.4. The van der Waals surface area contributed by atoms with Crippen molar-refractivity contribution < 1.29 is 91.7 Å². The van der Waals surface area contributed by atoms with E-state index in [0.29, 0.717) is 69.9 Å². The molecule has 43 nitrogen and oxygen atoms in total. The molecule has 135 heavy (non-hydrogen) atoms. The molecule has 0 radical (unpaired) electrons. The number of nitrogens with one attached hydrogen (secondary N) is 15. The number of nitrogens with two attached hydrogens (primary N) is 3. The molecule has 23 N–H and O–H groups in total. The highest BCUT2D eigenvalue weighted by Crippen LogP contribution is 2.28. The molecule has 17 amide bonds. The number of hydrogen-bond donors (Lipinski definition) is 20. The van der Waals surface area contributed by atoms with Crippen LogP contribution in [0.5, 0.6) is 0 Å². The SMILES string of the molecule is CCCC[C@H]1C(=O)N(C)[C@@H](CCCC)C(=O)N[C@@H](CCCNC(=N)N)C(=O)N[C@H](C(=O)NCC(N)=O)CSCC(=O)N[C@@H](Cc2ccccc2)C(=O)N(C)[C@@H](C)C(=O)N[C@@H](CC(N)=O)C(=O)N2CCC[C@H]2C(=O)N[C@@H](Cc2cnc[nH]2)C(=O)N[C@@H](CC(C)C)C(=O)N2C[C@@H](O)C[C@H]2C(=O)N[C@@H](Cc2c[nH]c3ccccc23)C(=O)N[C@@H](CO)C(=O)N[C@@H](Cc2c[nH]c3ccccc23)C(=O)N1C. The number of guanidine groups is 1. The Morgan fingerprint density at radius 1 is 0.541 bits per heavy atom. The molecular formula is C91H128N24O19S. The number of rotatable bonds is 26. The minimum atomic E-state index is -1.89. The summed E-state index contributed by atoms with van der Waals surface area (Å²) in [6.07, 6.45) is 3.93. The summed E-state index contributed by atoms with van der Waals surface area (Å²) in [4.78, 5) is 269. The van der Waals surface area contributed by atoms with E-state index >= 15 is 38.4 Å². The van der Waals surface area contributed by atoms with Gasteiger partial charge < -0.3 is 125 Å². The van der Waals surface area contributed by atoms with Gasteiger partial charge in [-0.2, -0.15) is 0 Å². The number of aromatic amines is 3. The monoisotopic (exact) mass is 1890 g/mol. The number of H-pyrrole nitrogens is 3. The first-order valence-electron chi connectivity index (χ1n) is 45.4. The van der Waals surface area contributed by atoms with Crippen molar-refractivity contribution in [3.8, 4) is 0 Å². The molecule has 3 aromatic heterocycles. The molecule has 15 atom stereocenters. The van der Waals surface area contributed by atoms with Crippen LogP contribution in [0, 0.1) is 11.3 Å². The zero-order valence-corrected chi connectivity index (χ0v) is 78.0. The van der Waals surface area contributed by atoms with E-state index in [9.17, 15) is 53.4 Å². The van der Waals surface area contributed by atoms with Crippen molar-refractivity contribution in [3.63, 3.8) is 0 Å². The number of benzene rings is 3.